The average molecular weight is 362 g/mol. The average Bonchev–Trinajstić information content (AvgIpc) is 3.08. The summed E-state index contributed by atoms with van der Waals surface area (Å²) < 4.78 is 23.7. The monoisotopic (exact) mass is 362 g/mol. The van der Waals surface area contributed by atoms with Crippen LogP contribution < -0.4 is 4.80 Å². The van der Waals surface area contributed by atoms with Crippen LogP contribution in [-0.2, 0) is 18.3 Å². The molecule has 25 heavy (non-hydrogen) atoms. The van der Waals surface area contributed by atoms with Crippen molar-refractivity contribution in [3.05, 3.63) is 46.3 Å². The SMILES string of the molecule is CCOCCn1c(=NC(=O)c2nn(C)cc2C)sc2cccc(F)c21. The Labute approximate surface area is 148 Å². The fourth-order valence-corrected chi connectivity index (χ4v) is 3.71. The molecule has 2 aromatic heterocycles. The third-order valence-electron chi connectivity index (χ3n) is 3.73. The number of amides is 1. The number of rotatable bonds is 5. The smallest absolute Gasteiger partial charge is 0.300 e. The number of fused-ring (bicyclic) bond motifs is 1. The molecule has 8 heteroatoms. The topological polar surface area (TPSA) is 61.4 Å². The van der Waals surface area contributed by atoms with Crippen molar-refractivity contribution in [2.45, 2.75) is 20.4 Å². The van der Waals surface area contributed by atoms with E-state index in [9.17, 15) is 9.18 Å². The summed E-state index contributed by atoms with van der Waals surface area (Å²) in [5, 5.41) is 4.15. The molecule has 0 unspecified atom stereocenters. The molecule has 0 N–H and O–H groups in total. The summed E-state index contributed by atoms with van der Waals surface area (Å²) >= 11 is 1.28. The van der Waals surface area contributed by atoms with Crippen LogP contribution in [0.15, 0.2) is 29.4 Å². The number of thiazole rings is 1. The molecule has 0 fully saturated rings. The Balaban J connectivity index is 2.10. The molecule has 132 valence electrons. The first-order valence-electron chi connectivity index (χ1n) is 7.96. The standard InChI is InChI=1S/C17H19FN4O2S/c1-4-24-9-8-22-15-12(18)6-5-7-13(15)25-17(22)19-16(23)14-11(2)10-21(3)20-14/h5-7,10H,4,8-9H2,1-3H3. The highest BCUT2D eigenvalue weighted by molar-refractivity contribution is 7.16. The van der Waals surface area contributed by atoms with Crippen LogP contribution in [0.2, 0.25) is 0 Å². The number of hydrogen-bond donors (Lipinski definition) is 0. The van der Waals surface area contributed by atoms with Crippen LogP contribution in [-0.4, -0.2) is 33.5 Å². The van der Waals surface area contributed by atoms with Gasteiger partial charge in [0, 0.05) is 32.0 Å². The van der Waals surface area contributed by atoms with Crippen LogP contribution in [0.4, 0.5) is 4.39 Å². The molecule has 6 nitrogen and oxygen atoms in total. The molecule has 0 bridgehead atoms. The third kappa shape index (κ3) is 3.54. The van der Waals surface area contributed by atoms with Crippen molar-refractivity contribution in [1.29, 1.82) is 0 Å². The molecule has 0 radical (unpaired) electrons. The van der Waals surface area contributed by atoms with Gasteiger partial charge in [-0.1, -0.05) is 17.4 Å². The maximum absolute atomic E-state index is 14.3. The molecule has 1 amide bonds. The highest BCUT2D eigenvalue weighted by Gasteiger charge is 2.15. The number of carbonyl (C=O) groups is 1. The number of nitrogens with zero attached hydrogens (tertiary/aromatic N) is 4. The molecule has 0 spiro atoms. The van der Waals surface area contributed by atoms with Crippen molar-refractivity contribution in [2.75, 3.05) is 13.2 Å². The molecule has 3 rings (SSSR count). The molecule has 0 aliphatic rings. The van der Waals surface area contributed by atoms with E-state index in [0.29, 0.717) is 35.8 Å². The van der Waals surface area contributed by atoms with Gasteiger partial charge in [-0.15, -0.1) is 0 Å². The molecule has 0 aliphatic carbocycles. The molecule has 0 atom stereocenters. The molecule has 0 aliphatic heterocycles. The lowest BCUT2D eigenvalue weighted by Gasteiger charge is -2.05. The summed E-state index contributed by atoms with van der Waals surface area (Å²) in [6.45, 7) is 5.12. The van der Waals surface area contributed by atoms with Crippen molar-refractivity contribution in [3.8, 4) is 0 Å². The molecule has 3 aromatic rings. The third-order valence-corrected chi connectivity index (χ3v) is 4.77. The largest absolute Gasteiger partial charge is 0.380 e. The number of hydrogen-bond acceptors (Lipinski definition) is 4. The highest BCUT2D eigenvalue weighted by atomic mass is 32.1. The van der Waals surface area contributed by atoms with Crippen LogP contribution in [0, 0.1) is 12.7 Å². The number of ether oxygens (including phenoxy) is 1. The van der Waals surface area contributed by atoms with E-state index in [1.54, 1.807) is 28.6 Å². The van der Waals surface area contributed by atoms with Crippen LogP contribution in [0.1, 0.15) is 23.0 Å². The van der Waals surface area contributed by atoms with Gasteiger partial charge in [-0.05, 0) is 26.0 Å². The van der Waals surface area contributed by atoms with Crippen LogP contribution in [0.5, 0.6) is 0 Å². The zero-order chi connectivity index (χ0) is 18.0. The van der Waals surface area contributed by atoms with Crippen molar-refractivity contribution < 1.29 is 13.9 Å². The summed E-state index contributed by atoms with van der Waals surface area (Å²) in [5.41, 5.74) is 1.50. The van der Waals surface area contributed by atoms with E-state index in [-0.39, 0.29) is 5.82 Å². The van der Waals surface area contributed by atoms with Gasteiger partial charge in [0.05, 0.1) is 16.8 Å². The number of para-hydroxylation sites is 1. The van der Waals surface area contributed by atoms with Crippen LogP contribution in [0.3, 0.4) is 0 Å². The number of benzene rings is 1. The fourth-order valence-electron chi connectivity index (χ4n) is 2.64. The lowest BCUT2D eigenvalue weighted by molar-refractivity contribution is 0.0990. The minimum absolute atomic E-state index is 0.303. The van der Waals surface area contributed by atoms with Crippen molar-refractivity contribution in [1.82, 2.24) is 14.3 Å². The second-order valence-corrected chi connectivity index (χ2v) is 6.58. The normalized spacial score (nSPS) is 12.2. The quantitative estimate of drug-likeness (QED) is 0.656. The number of aryl methyl sites for hydroxylation is 2. The molecule has 2 heterocycles. The van der Waals surface area contributed by atoms with E-state index in [0.717, 1.165) is 10.3 Å². The zero-order valence-electron chi connectivity index (χ0n) is 14.3. The Bertz CT molecular complexity index is 986. The predicted molar refractivity (Wildman–Crippen MR) is 94.1 cm³/mol. The Morgan fingerprint density at radius 3 is 2.92 bits per heavy atom. The first-order valence-corrected chi connectivity index (χ1v) is 8.77. The minimum Gasteiger partial charge on any atom is -0.380 e. The predicted octanol–water partition coefficient (Wildman–Crippen LogP) is 2.66. The summed E-state index contributed by atoms with van der Waals surface area (Å²) in [6, 6.07) is 4.87. The Morgan fingerprint density at radius 2 is 2.24 bits per heavy atom. The van der Waals surface area contributed by atoms with E-state index in [2.05, 4.69) is 10.1 Å². The number of halogens is 1. The molecular weight excluding hydrogens is 343 g/mol. The molecule has 0 saturated heterocycles. The van der Waals surface area contributed by atoms with Gasteiger partial charge in [-0.2, -0.15) is 10.1 Å². The van der Waals surface area contributed by atoms with Crippen LogP contribution in [0.25, 0.3) is 10.2 Å². The van der Waals surface area contributed by atoms with E-state index < -0.39 is 5.91 Å². The highest BCUT2D eigenvalue weighted by Crippen LogP contribution is 2.20. The van der Waals surface area contributed by atoms with Gasteiger partial charge in [0.1, 0.15) is 5.82 Å². The minimum atomic E-state index is -0.435. The Hall–Kier alpha value is -2.32. The maximum Gasteiger partial charge on any atom is 0.300 e. The fraction of sp³-hybridized carbons (Fsp3) is 0.353. The van der Waals surface area contributed by atoms with E-state index in [1.165, 1.54) is 17.4 Å². The molecular formula is C17H19FN4O2S. The molecule has 1 aromatic carbocycles. The first kappa shape index (κ1) is 17.5. The van der Waals surface area contributed by atoms with E-state index in [4.69, 9.17) is 4.74 Å². The summed E-state index contributed by atoms with van der Waals surface area (Å²) in [4.78, 5) is 17.2. The zero-order valence-corrected chi connectivity index (χ0v) is 15.1. The lowest BCUT2D eigenvalue weighted by Crippen LogP contribution is -2.20. The Kier molecular flexibility index (Phi) is 5.10. The van der Waals surface area contributed by atoms with E-state index >= 15 is 0 Å². The van der Waals surface area contributed by atoms with Gasteiger partial charge in [0.25, 0.3) is 5.91 Å². The van der Waals surface area contributed by atoms with Gasteiger partial charge >= 0.3 is 0 Å². The number of carbonyl (C=O) groups excluding carboxylic acids is 1. The lowest BCUT2D eigenvalue weighted by atomic mass is 10.3. The van der Waals surface area contributed by atoms with Gasteiger partial charge < -0.3 is 9.30 Å². The summed E-state index contributed by atoms with van der Waals surface area (Å²) in [6.07, 6.45) is 1.76. The second-order valence-electron chi connectivity index (χ2n) is 5.57. The van der Waals surface area contributed by atoms with Gasteiger partial charge in [-0.3, -0.25) is 9.48 Å². The number of aromatic nitrogens is 3. The van der Waals surface area contributed by atoms with Crippen molar-refractivity contribution in [2.24, 2.45) is 12.0 Å². The second kappa shape index (κ2) is 7.28. The summed E-state index contributed by atoms with van der Waals surface area (Å²) in [5.74, 6) is -0.775. The first-order chi connectivity index (χ1) is 12.0. The summed E-state index contributed by atoms with van der Waals surface area (Å²) in [7, 11) is 1.75. The van der Waals surface area contributed by atoms with Gasteiger partial charge in [-0.25, -0.2) is 4.39 Å². The van der Waals surface area contributed by atoms with E-state index in [1.807, 2.05) is 19.9 Å². The van der Waals surface area contributed by atoms with Gasteiger partial charge in [0.15, 0.2) is 10.5 Å². The van der Waals surface area contributed by atoms with Crippen LogP contribution >= 0.6 is 11.3 Å². The Morgan fingerprint density at radius 1 is 1.44 bits per heavy atom. The van der Waals surface area contributed by atoms with Crippen molar-refractivity contribution >= 4 is 27.5 Å². The van der Waals surface area contributed by atoms with Crippen molar-refractivity contribution in [3.63, 3.8) is 0 Å². The maximum atomic E-state index is 14.3. The molecule has 0 saturated carbocycles. The van der Waals surface area contributed by atoms with Gasteiger partial charge in [0.2, 0.25) is 0 Å².